The molecule has 1 amide bonds. The van der Waals surface area contributed by atoms with Crippen LogP contribution in [-0.4, -0.2) is 128 Å². The summed E-state index contributed by atoms with van der Waals surface area (Å²) >= 11 is 13.7. The molecule has 3 atom stereocenters. The molecule has 3 fully saturated rings. The lowest BCUT2D eigenvalue weighted by Gasteiger charge is -2.42. The van der Waals surface area contributed by atoms with E-state index in [1.165, 1.54) is 13.3 Å². The molecule has 2 aliphatic heterocycles. The SMILES string of the molecule is COc1cc(P(C)(=O)Cc2nc(Nc3ccc(N4CCC(N5CCN(C)CC5)CC4)cc3OC)nc(Nc3ccccc3P(C)(C)=O)c2Cl)ccc1Nc1ncc(Cl)c(NC2CCCCC2C(N)=O)n1. The Morgan fingerprint density at radius 3 is 2.13 bits per heavy atom. The quantitative estimate of drug-likeness (QED) is 0.0554. The third-order valence-electron chi connectivity index (χ3n) is 13.6. The minimum absolute atomic E-state index is 0.0434. The van der Waals surface area contributed by atoms with E-state index in [1.807, 2.05) is 36.4 Å². The number of hydrogen-bond donors (Lipinski definition) is 5. The predicted octanol–water partition coefficient (Wildman–Crippen LogP) is 8.56. The number of likely N-dealkylation sites (N-methyl/N-ethyl adjacent to an activating group) is 1. The van der Waals surface area contributed by atoms with Crippen molar-refractivity contribution in [3.63, 3.8) is 0 Å². The van der Waals surface area contributed by atoms with Crippen LogP contribution < -0.4 is 52.0 Å². The number of hydrogen-bond acceptors (Lipinski definition) is 16. The van der Waals surface area contributed by atoms with Gasteiger partial charge in [0, 0.05) is 79.9 Å². The molecule has 8 rings (SSSR count). The number of methoxy groups -OCH3 is 2. The summed E-state index contributed by atoms with van der Waals surface area (Å²) in [5, 5.41) is 14.8. The highest BCUT2D eigenvalue weighted by Gasteiger charge is 2.32. The fourth-order valence-corrected chi connectivity index (χ4v) is 13.0. The molecule has 17 nitrogen and oxygen atoms in total. The Bertz CT molecular complexity index is 2790. The van der Waals surface area contributed by atoms with E-state index in [1.54, 1.807) is 45.3 Å². The van der Waals surface area contributed by atoms with E-state index in [-0.39, 0.29) is 46.8 Å². The van der Waals surface area contributed by atoms with Crippen LogP contribution in [0.25, 0.3) is 0 Å². The second-order valence-electron chi connectivity index (χ2n) is 18.9. The van der Waals surface area contributed by atoms with Crippen molar-refractivity contribution in [3.05, 3.63) is 82.6 Å². The standard InChI is InChI=1S/C49H64Cl2N12O5P2/c1-61-23-25-63(26-24-61)31-19-21-62(22-20-31)32-15-17-37(41(27-32)67-2)57-49-58-40(44(51)47(60-49)55-39-13-9-10-14-43(39)69(4,5)65)30-70(6,66)33-16-18-38(42(28-33)68-3)56-48-53-29-35(50)46(59-48)54-36-12-8-7-11-34(36)45(52)64/h9-10,13-18,27-29,31,34,36H,7-8,11-12,19-26,30H2,1-6H3,(H2,52,64)(H2,53,54,56,59)(H2,55,57,58,60). The fraction of sp³-hybridized carbons (Fsp3) is 0.449. The summed E-state index contributed by atoms with van der Waals surface area (Å²) in [5.41, 5.74) is 8.85. The van der Waals surface area contributed by atoms with Crippen LogP contribution in [0.3, 0.4) is 0 Å². The second-order valence-corrected chi connectivity index (χ2v) is 25.9. The van der Waals surface area contributed by atoms with Crippen LogP contribution in [0.5, 0.6) is 11.5 Å². The predicted molar refractivity (Wildman–Crippen MR) is 285 cm³/mol. The van der Waals surface area contributed by atoms with E-state index in [9.17, 15) is 13.9 Å². The zero-order chi connectivity index (χ0) is 49.7. The number of para-hydroxylation sites is 1. The number of benzene rings is 3. The smallest absolute Gasteiger partial charge is 0.229 e. The Kier molecular flexibility index (Phi) is 16.2. The number of nitrogens with two attached hydrogens (primary N) is 1. The number of ether oxygens (including phenoxy) is 2. The van der Waals surface area contributed by atoms with Crippen LogP contribution in [0.4, 0.5) is 46.3 Å². The monoisotopic (exact) mass is 1030 g/mol. The van der Waals surface area contributed by atoms with Crippen LogP contribution in [-0.2, 0) is 20.1 Å². The van der Waals surface area contributed by atoms with Crippen molar-refractivity contribution in [2.45, 2.75) is 56.8 Å². The minimum atomic E-state index is -3.29. The lowest BCUT2D eigenvalue weighted by Crippen LogP contribution is -2.52. The minimum Gasteiger partial charge on any atom is -0.495 e. The molecule has 2 saturated heterocycles. The first-order chi connectivity index (χ1) is 33.5. The van der Waals surface area contributed by atoms with Crippen molar-refractivity contribution >= 4 is 100 Å². The molecule has 1 aliphatic carbocycles. The van der Waals surface area contributed by atoms with Gasteiger partial charge in [-0.05, 0) is 95.2 Å². The highest BCUT2D eigenvalue weighted by molar-refractivity contribution is 7.70. The lowest BCUT2D eigenvalue weighted by atomic mass is 9.84. The number of nitrogens with zero attached hydrogens (tertiary/aromatic N) is 7. The molecule has 6 N–H and O–H groups in total. The van der Waals surface area contributed by atoms with Gasteiger partial charge in [0.2, 0.25) is 17.8 Å². The number of aromatic nitrogens is 4. The lowest BCUT2D eigenvalue weighted by molar-refractivity contribution is -0.122. The second kappa shape index (κ2) is 22.1. The number of anilines is 8. The normalized spacial score (nSPS) is 19.2. The van der Waals surface area contributed by atoms with Crippen LogP contribution in [0.2, 0.25) is 10.0 Å². The maximum atomic E-state index is 15.0. The van der Waals surface area contributed by atoms with Gasteiger partial charge in [0.05, 0.1) is 49.1 Å². The molecule has 21 heteroatoms. The summed E-state index contributed by atoms with van der Waals surface area (Å²) in [6, 6.07) is 19.0. The molecule has 5 aromatic rings. The summed E-state index contributed by atoms with van der Waals surface area (Å²) in [4.78, 5) is 38.4. The van der Waals surface area contributed by atoms with Gasteiger partial charge in [0.1, 0.15) is 35.8 Å². The van der Waals surface area contributed by atoms with Crippen molar-refractivity contribution in [2.75, 3.05) is 107 Å². The van der Waals surface area contributed by atoms with Crippen molar-refractivity contribution in [1.82, 2.24) is 29.7 Å². The van der Waals surface area contributed by atoms with Gasteiger partial charge in [-0.1, -0.05) is 48.2 Å². The van der Waals surface area contributed by atoms with Crippen LogP contribution in [0, 0.1) is 5.92 Å². The van der Waals surface area contributed by atoms with E-state index in [4.69, 9.17) is 48.4 Å². The van der Waals surface area contributed by atoms with Gasteiger partial charge in [0.15, 0.2) is 11.6 Å². The van der Waals surface area contributed by atoms with E-state index in [2.05, 4.69) is 59.0 Å². The number of halogens is 2. The number of amides is 1. The molecule has 0 spiro atoms. The summed E-state index contributed by atoms with van der Waals surface area (Å²) in [5.74, 6) is 1.35. The average Bonchev–Trinajstić information content (AvgIpc) is 3.34. The van der Waals surface area contributed by atoms with Gasteiger partial charge >= 0.3 is 0 Å². The van der Waals surface area contributed by atoms with Gasteiger partial charge in [-0.3, -0.25) is 9.69 Å². The number of piperazine rings is 1. The number of carbonyl (C=O) groups is 1. The first-order valence-electron chi connectivity index (χ1n) is 23.7. The highest BCUT2D eigenvalue weighted by Crippen LogP contribution is 2.48. The van der Waals surface area contributed by atoms with Crippen molar-refractivity contribution in [1.29, 1.82) is 0 Å². The van der Waals surface area contributed by atoms with E-state index in [0.717, 1.165) is 77.1 Å². The van der Waals surface area contributed by atoms with Crippen LogP contribution in [0.15, 0.2) is 66.9 Å². The summed E-state index contributed by atoms with van der Waals surface area (Å²) in [7, 11) is -0.685. The number of carbonyl (C=O) groups excluding carboxylic acids is 1. The van der Waals surface area contributed by atoms with E-state index < -0.39 is 14.3 Å². The first-order valence-corrected chi connectivity index (χ1v) is 29.4. The first kappa shape index (κ1) is 51.2. The Morgan fingerprint density at radius 1 is 0.771 bits per heavy atom. The zero-order valence-electron chi connectivity index (χ0n) is 40.7. The molecule has 2 aromatic heterocycles. The van der Waals surface area contributed by atoms with Crippen molar-refractivity contribution in [3.8, 4) is 11.5 Å². The number of primary amides is 1. The highest BCUT2D eigenvalue weighted by atomic mass is 35.5. The van der Waals surface area contributed by atoms with Gasteiger partial charge in [0.25, 0.3) is 0 Å². The summed E-state index contributed by atoms with van der Waals surface area (Å²) in [6.07, 6.45) is 6.98. The zero-order valence-corrected chi connectivity index (χ0v) is 44.0. The summed E-state index contributed by atoms with van der Waals surface area (Å²) < 4.78 is 40.2. The van der Waals surface area contributed by atoms with E-state index >= 15 is 0 Å². The Hall–Kier alpha value is -5.15. The molecule has 3 unspecified atom stereocenters. The molecular weight excluding hydrogens is 969 g/mol. The number of nitrogens with one attached hydrogen (secondary N) is 4. The molecular formula is C49H64Cl2N12O5P2. The van der Waals surface area contributed by atoms with Gasteiger partial charge in [-0.2, -0.15) is 9.97 Å². The van der Waals surface area contributed by atoms with Crippen LogP contribution in [0.1, 0.15) is 44.2 Å². The van der Waals surface area contributed by atoms with Gasteiger partial charge in [-0.15, -0.1) is 0 Å². The molecule has 0 bridgehead atoms. The Labute approximate surface area is 420 Å². The topological polar surface area (TPSA) is 205 Å². The molecule has 0 radical (unpaired) electrons. The summed E-state index contributed by atoms with van der Waals surface area (Å²) in [6.45, 7) is 11.5. The third-order valence-corrected chi connectivity index (χ3v) is 18.1. The maximum absolute atomic E-state index is 15.0. The van der Waals surface area contributed by atoms with Crippen LogP contribution >= 0.6 is 37.5 Å². The molecule has 3 aliphatic rings. The third kappa shape index (κ3) is 12.1. The molecule has 374 valence electrons. The van der Waals surface area contributed by atoms with Gasteiger partial charge < -0.3 is 55.4 Å². The fourth-order valence-electron chi connectivity index (χ4n) is 9.61. The average molecular weight is 1030 g/mol. The van der Waals surface area contributed by atoms with Crippen molar-refractivity contribution in [2.24, 2.45) is 11.7 Å². The molecule has 3 aromatic carbocycles. The Morgan fingerprint density at radius 2 is 1.43 bits per heavy atom. The number of rotatable bonds is 17. The molecule has 1 saturated carbocycles. The van der Waals surface area contributed by atoms with Crippen molar-refractivity contribution < 1.29 is 23.4 Å². The maximum Gasteiger partial charge on any atom is 0.229 e. The Balaban J connectivity index is 1.04. The largest absolute Gasteiger partial charge is 0.495 e. The number of piperidine rings is 1. The van der Waals surface area contributed by atoms with E-state index in [0.29, 0.717) is 68.2 Å². The van der Waals surface area contributed by atoms with Gasteiger partial charge in [-0.25, -0.2) is 9.97 Å². The molecule has 70 heavy (non-hydrogen) atoms. The molecule has 4 heterocycles.